The summed E-state index contributed by atoms with van der Waals surface area (Å²) < 4.78 is 21.1. The summed E-state index contributed by atoms with van der Waals surface area (Å²) in [6.45, 7) is 0. The number of nitrogens with two attached hydrogens (primary N) is 1. The minimum Gasteiger partial charge on any atom is -0.228 e. The van der Waals surface area contributed by atoms with Gasteiger partial charge in [-0.25, -0.2) is 13.6 Å². The van der Waals surface area contributed by atoms with Gasteiger partial charge < -0.3 is 0 Å². The summed E-state index contributed by atoms with van der Waals surface area (Å²) in [5, 5.41) is 4.80. The van der Waals surface area contributed by atoms with Crippen LogP contribution in [0.3, 0.4) is 0 Å². The highest BCUT2D eigenvalue weighted by atomic mass is 32.2. The van der Waals surface area contributed by atoms with E-state index in [2.05, 4.69) is 0 Å². The summed E-state index contributed by atoms with van der Waals surface area (Å²) >= 11 is 0. The van der Waals surface area contributed by atoms with Crippen LogP contribution in [-0.4, -0.2) is 8.42 Å². The van der Waals surface area contributed by atoms with Gasteiger partial charge >= 0.3 is 0 Å². The molecule has 3 nitrogen and oxygen atoms in total. The van der Waals surface area contributed by atoms with Crippen molar-refractivity contribution in [3.63, 3.8) is 0 Å². The van der Waals surface area contributed by atoms with Crippen molar-refractivity contribution in [3.05, 3.63) is 41.6 Å². The van der Waals surface area contributed by atoms with Crippen LogP contribution in [0, 0.1) is 5.75 Å². The lowest BCUT2D eigenvalue weighted by molar-refractivity contribution is 0.602. The van der Waals surface area contributed by atoms with Crippen molar-refractivity contribution in [3.8, 4) is 0 Å². The Labute approximate surface area is 72.3 Å². The van der Waals surface area contributed by atoms with Gasteiger partial charge in [-0.2, -0.15) is 0 Å². The molecule has 0 aliphatic rings. The lowest BCUT2D eigenvalue weighted by Crippen LogP contribution is -2.12. The summed E-state index contributed by atoms with van der Waals surface area (Å²) in [6.07, 6.45) is 0.361. The third-order valence-corrected chi connectivity index (χ3v) is 2.03. The Balaban J connectivity index is 2.56. The normalized spacial score (nSPS) is 11.4. The van der Waals surface area contributed by atoms with E-state index in [0.717, 1.165) is 11.3 Å². The zero-order valence-corrected chi connectivity index (χ0v) is 7.29. The van der Waals surface area contributed by atoms with E-state index in [1.165, 1.54) is 0 Å². The molecule has 0 aliphatic heterocycles. The third-order valence-electron chi connectivity index (χ3n) is 1.39. The Morgan fingerprint density at radius 2 is 1.83 bits per heavy atom. The number of hydrogen-bond acceptors (Lipinski definition) is 2. The van der Waals surface area contributed by atoms with Gasteiger partial charge in [0.25, 0.3) is 0 Å². The molecule has 0 heterocycles. The van der Waals surface area contributed by atoms with Crippen molar-refractivity contribution in [2.45, 2.75) is 6.42 Å². The molecule has 0 unspecified atom stereocenters. The van der Waals surface area contributed by atoms with E-state index in [0.29, 0.717) is 6.42 Å². The van der Waals surface area contributed by atoms with Crippen molar-refractivity contribution < 1.29 is 8.42 Å². The predicted molar refractivity (Wildman–Crippen MR) is 47.6 cm³/mol. The molecule has 0 aliphatic carbocycles. The Morgan fingerprint density at radius 3 is 2.33 bits per heavy atom. The van der Waals surface area contributed by atoms with Crippen LogP contribution in [0.25, 0.3) is 0 Å². The van der Waals surface area contributed by atoms with Crippen molar-refractivity contribution >= 4 is 10.0 Å². The maximum atomic E-state index is 10.5. The molecule has 0 saturated heterocycles. The van der Waals surface area contributed by atoms with Crippen molar-refractivity contribution in [1.82, 2.24) is 0 Å². The molecule has 1 aromatic carbocycles. The molecule has 12 heavy (non-hydrogen) atoms. The first kappa shape index (κ1) is 9.22. The second-order valence-electron chi connectivity index (χ2n) is 2.45. The lowest BCUT2D eigenvalue weighted by Gasteiger charge is -1.97. The van der Waals surface area contributed by atoms with E-state index < -0.39 is 10.0 Å². The maximum absolute atomic E-state index is 10.5. The number of hydrogen-bond donors (Lipinski definition) is 1. The molecule has 0 fully saturated rings. The molecule has 0 atom stereocenters. The van der Waals surface area contributed by atoms with Gasteiger partial charge in [-0.15, -0.1) is 0 Å². The van der Waals surface area contributed by atoms with Gasteiger partial charge in [-0.1, -0.05) is 30.3 Å². The average Bonchev–Trinajstić information content (AvgIpc) is 2.02. The van der Waals surface area contributed by atoms with Crippen molar-refractivity contribution in [2.24, 2.45) is 5.14 Å². The van der Waals surface area contributed by atoms with Crippen LogP contribution >= 0.6 is 0 Å². The fourth-order valence-electron chi connectivity index (χ4n) is 0.826. The molecule has 2 N–H and O–H groups in total. The van der Waals surface area contributed by atoms with Gasteiger partial charge in [0.2, 0.25) is 10.0 Å². The topological polar surface area (TPSA) is 60.2 Å². The summed E-state index contributed by atoms with van der Waals surface area (Å²) in [6, 6.07) is 9.28. The Morgan fingerprint density at radius 1 is 1.25 bits per heavy atom. The van der Waals surface area contributed by atoms with Crippen LogP contribution in [0.2, 0.25) is 0 Å². The number of rotatable bonds is 3. The highest BCUT2D eigenvalue weighted by Crippen LogP contribution is 2.02. The predicted octanol–water partition coefficient (Wildman–Crippen LogP) is 0.679. The van der Waals surface area contributed by atoms with E-state index in [1.807, 2.05) is 30.3 Å². The number of benzene rings is 1. The molecule has 0 spiro atoms. The highest BCUT2D eigenvalue weighted by Gasteiger charge is 2.02. The van der Waals surface area contributed by atoms with Crippen LogP contribution in [0.4, 0.5) is 0 Å². The van der Waals surface area contributed by atoms with Crippen molar-refractivity contribution in [2.75, 3.05) is 0 Å². The largest absolute Gasteiger partial charge is 0.228 e. The fourth-order valence-corrected chi connectivity index (χ4v) is 1.25. The zero-order valence-electron chi connectivity index (χ0n) is 6.47. The fraction of sp³-hybridized carbons (Fsp3) is 0.125. The molecule has 1 radical (unpaired) electrons. The Kier molecular flexibility index (Phi) is 2.83. The molecule has 65 valence electrons. The zero-order chi connectivity index (χ0) is 9.03. The first-order chi connectivity index (χ1) is 5.58. The molecular weight excluding hydrogens is 174 g/mol. The molecule has 0 aromatic heterocycles. The van der Waals surface area contributed by atoms with Gasteiger partial charge in [0.1, 0.15) is 0 Å². The standard InChI is InChI=1S/C8H10NO2S/c9-12(10,11)7-6-8-4-2-1-3-5-8/h1-5,7H,6H2,(H2,9,10,11). The second kappa shape index (κ2) is 3.69. The van der Waals surface area contributed by atoms with Gasteiger partial charge in [-0.3, -0.25) is 0 Å². The van der Waals surface area contributed by atoms with Gasteiger partial charge in [0, 0.05) is 0 Å². The minimum atomic E-state index is -3.45. The van der Waals surface area contributed by atoms with E-state index in [1.54, 1.807) is 0 Å². The van der Waals surface area contributed by atoms with E-state index >= 15 is 0 Å². The molecule has 4 heteroatoms. The first-order valence-corrected chi connectivity index (χ1v) is 5.09. The van der Waals surface area contributed by atoms with Crippen LogP contribution in [0.5, 0.6) is 0 Å². The molecule has 0 saturated carbocycles. The SMILES string of the molecule is NS(=O)(=O)[CH]Cc1ccccc1. The third kappa shape index (κ3) is 3.50. The molecule has 1 rings (SSSR count). The average molecular weight is 184 g/mol. The quantitative estimate of drug-likeness (QED) is 0.750. The van der Waals surface area contributed by atoms with Crippen LogP contribution < -0.4 is 5.14 Å². The van der Waals surface area contributed by atoms with Gasteiger partial charge in [0.15, 0.2) is 0 Å². The maximum Gasteiger partial charge on any atom is 0.213 e. The van der Waals surface area contributed by atoms with E-state index in [-0.39, 0.29) is 0 Å². The number of primary sulfonamides is 1. The summed E-state index contributed by atoms with van der Waals surface area (Å²) in [7, 11) is -3.45. The van der Waals surface area contributed by atoms with Gasteiger partial charge in [-0.05, 0) is 12.0 Å². The van der Waals surface area contributed by atoms with E-state index in [9.17, 15) is 8.42 Å². The Hall–Kier alpha value is -0.870. The highest BCUT2D eigenvalue weighted by molar-refractivity contribution is 7.91. The van der Waals surface area contributed by atoms with Gasteiger partial charge in [0.05, 0.1) is 5.75 Å². The molecule has 0 amide bonds. The molecular formula is C8H10NO2S. The summed E-state index contributed by atoms with van der Waals surface area (Å²) in [5.74, 6) is 1.10. The first-order valence-electron chi connectivity index (χ1n) is 3.48. The van der Waals surface area contributed by atoms with Crippen LogP contribution in [-0.2, 0) is 16.4 Å². The van der Waals surface area contributed by atoms with Crippen LogP contribution in [0.15, 0.2) is 30.3 Å². The van der Waals surface area contributed by atoms with E-state index in [4.69, 9.17) is 5.14 Å². The molecule has 0 bridgehead atoms. The minimum absolute atomic E-state index is 0.361. The molecule has 1 aromatic rings. The second-order valence-corrected chi connectivity index (χ2v) is 3.96. The van der Waals surface area contributed by atoms with Crippen LogP contribution in [0.1, 0.15) is 5.56 Å². The summed E-state index contributed by atoms with van der Waals surface area (Å²) in [4.78, 5) is 0. The smallest absolute Gasteiger partial charge is 0.213 e. The summed E-state index contributed by atoms with van der Waals surface area (Å²) in [5.41, 5.74) is 0.937. The number of sulfonamides is 1. The van der Waals surface area contributed by atoms with Crippen molar-refractivity contribution in [1.29, 1.82) is 0 Å². The monoisotopic (exact) mass is 184 g/mol. The Bertz CT molecular complexity index is 331. The lowest BCUT2D eigenvalue weighted by atomic mass is 10.2.